The molecule has 1 N–H and O–H groups in total. The number of carboxylic acids is 1. The van der Waals surface area contributed by atoms with Gasteiger partial charge in [-0.2, -0.15) is 0 Å². The molecular formula is C21H36NO4+. The van der Waals surface area contributed by atoms with Crippen molar-refractivity contribution >= 4 is 11.9 Å². The zero-order chi connectivity index (χ0) is 19.8. The Bertz CT molecular complexity index is 487. The molecule has 0 bridgehead atoms. The number of ether oxygens (including phenoxy) is 1. The lowest BCUT2D eigenvalue weighted by atomic mass is 10.1. The topological polar surface area (TPSA) is 63.6 Å². The highest BCUT2D eigenvalue weighted by Gasteiger charge is 2.23. The second kappa shape index (κ2) is 14.3. The SMILES string of the molecule is CCCCCCCC=CC=CC=CC(=O)OC(CC(=O)O)C[N+](C)(C)C. The van der Waals surface area contributed by atoms with Crippen LogP contribution in [0.3, 0.4) is 0 Å². The Kier molecular flexibility index (Phi) is 13.3. The fraction of sp³-hybridized carbons (Fsp3) is 0.619. The monoisotopic (exact) mass is 366 g/mol. The molecule has 0 aromatic rings. The summed E-state index contributed by atoms with van der Waals surface area (Å²) in [6, 6.07) is 0. The van der Waals surface area contributed by atoms with Gasteiger partial charge in [0.05, 0.1) is 27.6 Å². The maximum absolute atomic E-state index is 11.8. The van der Waals surface area contributed by atoms with Gasteiger partial charge in [-0.3, -0.25) is 4.79 Å². The van der Waals surface area contributed by atoms with Crippen molar-refractivity contribution in [2.45, 2.75) is 58.0 Å². The number of likely N-dealkylation sites (N-methyl/N-ethyl adjacent to an activating group) is 1. The zero-order valence-electron chi connectivity index (χ0n) is 16.8. The fourth-order valence-corrected chi connectivity index (χ4v) is 2.46. The third kappa shape index (κ3) is 17.0. The number of allylic oxidation sites excluding steroid dienone is 5. The molecule has 148 valence electrons. The summed E-state index contributed by atoms with van der Waals surface area (Å²) in [4.78, 5) is 22.7. The summed E-state index contributed by atoms with van der Waals surface area (Å²) < 4.78 is 5.78. The van der Waals surface area contributed by atoms with Crippen LogP contribution in [0.1, 0.15) is 51.9 Å². The van der Waals surface area contributed by atoms with Gasteiger partial charge >= 0.3 is 11.9 Å². The molecule has 0 heterocycles. The number of esters is 1. The summed E-state index contributed by atoms with van der Waals surface area (Å²) in [7, 11) is 5.78. The molecule has 0 spiro atoms. The second-order valence-corrected chi connectivity index (χ2v) is 7.50. The van der Waals surface area contributed by atoms with Gasteiger partial charge in [0.25, 0.3) is 0 Å². The molecule has 1 atom stereocenters. The van der Waals surface area contributed by atoms with E-state index in [2.05, 4.69) is 13.0 Å². The summed E-state index contributed by atoms with van der Waals surface area (Å²) >= 11 is 0. The molecule has 0 saturated heterocycles. The Hall–Kier alpha value is -1.88. The largest absolute Gasteiger partial charge is 0.481 e. The van der Waals surface area contributed by atoms with Gasteiger partial charge in [0, 0.05) is 6.08 Å². The molecular weight excluding hydrogens is 330 g/mol. The quantitative estimate of drug-likeness (QED) is 0.165. The van der Waals surface area contributed by atoms with E-state index in [1.54, 1.807) is 12.2 Å². The van der Waals surface area contributed by atoms with Crippen molar-refractivity contribution in [1.29, 1.82) is 0 Å². The smallest absolute Gasteiger partial charge is 0.331 e. The van der Waals surface area contributed by atoms with Crippen LogP contribution in [-0.2, 0) is 14.3 Å². The number of hydrogen-bond donors (Lipinski definition) is 1. The Morgan fingerprint density at radius 3 is 2.27 bits per heavy atom. The average Bonchev–Trinajstić information content (AvgIpc) is 2.50. The van der Waals surface area contributed by atoms with Crippen LogP contribution in [-0.4, -0.2) is 55.3 Å². The van der Waals surface area contributed by atoms with Gasteiger partial charge in [0.1, 0.15) is 6.54 Å². The molecule has 0 rings (SSSR count). The number of carboxylic acid groups (broad SMARTS) is 1. The molecule has 0 aromatic heterocycles. The number of quaternary nitrogens is 1. The molecule has 0 radical (unpaired) electrons. The molecule has 0 aliphatic carbocycles. The lowest BCUT2D eigenvalue weighted by Gasteiger charge is -2.28. The van der Waals surface area contributed by atoms with E-state index in [0.717, 1.165) is 6.42 Å². The molecule has 0 aliphatic rings. The minimum absolute atomic E-state index is 0.189. The Morgan fingerprint density at radius 2 is 1.65 bits per heavy atom. The molecule has 26 heavy (non-hydrogen) atoms. The first-order valence-corrected chi connectivity index (χ1v) is 9.47. The Labute approximate surface area is 158 Å². The summed E-state index contributed by atoms with van der Waals surface area (Å²) in [6.07, 6.45) is 17.3. The third-order valence-electron chi connectivity index (χ3n) is 3.61. The molecule has 0 saturated carbocycles. The lowest BCUT2D eigenvalue weighted by molar-refractivity contribution is -0.873. The van der Waals surface area contributed by atoms with Crippen LogP contribution >= 0.6 is 0 Å². The van der Waals surface area contributed by atoms with Crippen molar-refractivity contribution in [3.8, 4) is 0 Å². The number of hydrogen-bond acceptors (Lipinski definition) is 3. The first-order chi connectivity index (χ1) is 12.2. The van der Waals surface area contributed by atoms with Crippen LogP contribution in [0.2, 0.25) is 0 Å². The first kappa shape index (κ1) is 24.1. The zero-order valence-corrected chi connectivity index (χ0v) is 16.8. The van der Waals surface area contributed by atoms with Crippen LogP contribution in [0.15, 0.2) is 36.5 Å². The van der Waals surface area contributed by atoms with Gasteiger partial charge in [-0.25, -0.2) is 4.79 Å². The third-order valence-corrected chi connectivity index (χ3v) is 3.61. The highest BCUT2D eigenvalue weighted by Crippen LogP contribution is 2.06. The number of nitrogens with zero attached hydrogens (tertiary/aromatic N) is 1. The Balaban J connectivity index is 4.16. The van der Waals surface area contributed by atoms with Crippen molar-refractivity contribution in [2.24, 2.45) is 0 Å². The predicted molar refractivity (Wildman–Crippen MR) is 106 cm³/mol. The van der Waals surface area contributed by atoms with Gasteiger partial charge in [-0.1, -0.05) is 63.0 Å². The summed E-state index contributed by atoms with van der Waals surface area (Å²) in [5.74, 6) is -1.49. The molecule has 0 fully saturated rings. The maximum Gasteiger partial charge on any atom is 0.331 e. The number of carbonyl (C=O) groups is 2. The lowest BCUT2D eigenvalue weighted by Crippen LogP contribution is -2.43. The van der Waals surface area contributed by atoms with E-state index < -0.39 is 18.0 Å². The predicted octanol–water partition coefficient (Wildman–Crippen LogP) is 4.11. The number of rotatable bonds is 14. The van der Waals surface area contributed by atoms with E-state index >= 15 is 0 Å². The van der Waals surface area contributed by atoms with Gasteiger partial charge < -0.3 is 14.3 Å². The van der Waals surface area contributed by atoms with E-state index in [1.165, 1.54) is 38.2 Å². The molecule has 5 nitrogen and oxygen atoms in total. The summed E-state index contributed by atoms with van der Waals surface area (Å²) in [5, 5.41) is 8.94. The van der Waals surface area contributed by atoms with Gasteiger partial charge in [0.2, 0.25) is 0 Å². The Morgan fingerprint density at radius 1 is 1.00 bits per heavy atom. The maximum atomic E-state index is 11.8. The fourth-order valence-electron chi connectivity index (χ4n) is 2.46. The molecule has 5 heteroatoms. The standard InChI is InChI=1S/C21H35NO4/c1-5-6-7-8-9-10-11-12-13-14-15-16-21(25)26-19(17-20(23)24)18-22(2,3)4/h11-16,19H,5-10,17-18H2,1-4H3/p+1. The van der Waals surface area contributed by atoms with Gasteiger partial charge in [-0.05, 0) is 12.8 Å². The van der Waals surface area contributed by atoms with Gasteiger partial charge in [-0.15, -0.1) is 0 Å². The minimum atomic E-state index is -0.972. The molecule has 1 unspecified atom stereocenters. The van der Waals surface area contributed by atoms with E-state index in [4.69, 9.17) is 9.84 Å². The number of carbonyl (C=O) groups excluding carboxylic acids is 1. The van der Waals surface area contributed by atoms with E-state index in [1.807, 2.05) is 33.3 Å². The highest BCUT2D eigenvalue weighted by atomic mass is 16.5. The van der Waals surface area contributed by atoms with Crippen molar-refractivity contribution in [3.63, 3.8) is 0 Å². The van der Waals surface area contributed by atoms with Crippen LogP contribution in [0.4, 0.5) is 0 Å². The van der Waals surface area contributed by atoms with Crippen LogP contribution in [0, 0.1) is 0 Å². The molecule has 0 aromatic carbocycles. The molecule has 0 aliphatic heterocycles. The van der Waals surface area contributed by atoms with Crippen molar-refractivity contribution in [1.82, 2.24) is 0 Å². The van der Waals surface area contributed by atoms with E-state index in [9.17, 15) is 9.59 Å². The normalized spacial score (nSPS) is 13.7. The number of aliphatic carboxylic acids is 1. The summed E-state index contributed by atoms with van der Waals surface area (Å²) in [5.41, 5.74) is 0. The summed E-state index contributed by atoms with van der Waals surface area (Å²) in [6.45, 7) is 2.66. The van der Waals surface area contributed by atoms with E-state index in [-0.39, 0.29) is 6.42 Å². The highest BCUT2D eigenvalue weighted by molar-refractivity contribution is 5.82. The minimum Gasteiger partial charge on any atom is -0.481 e. The van der Waals surface area contributed by atoms with Crippen LogP contribution < -0.4 is 0 Å². The van der Waals surface area contributed by atoms with Crippen molar-refractivity contribution in [2.75, 3.05) is 27.7 Å². The van der Waals surface area contributed by atoms with E-state index in [0.29, 0.717) is 11.0 Å². The van der Waals surface area contributed by atoms with Crippen molar-refractivity contribution < 1.29 is 23.9 Å². The molecule has 0 amide bonds. The van der Waals surface area contributed by atoms with Crippen LogP contribution in [0.25, 0.3) is 0 Å². The van der Waals surface area contributed by atoms with Gasteiger partial charge in [0.15, 0.2) is 6.10 Å². The second-order valence-electron chi connectivity index (χ2n) is 7.50. The van der Waals surface area contributed by atoms with Crippen LogP contribution in [0.5, 0.6) is 0 Å². The average molecular weight is 367 g/mol. The number of unbranched alkanes of at least 4 members (excludes halogenated alkanes) is 5. The van der Waals surface area contributed by atoms with Crippen molar-refractivity contribution in [3.05, 3.63) is 36.5 Å². The first-order valence-electron chi connectivity index (χ1n) is 9.47.